The van der Waals surface area contributed by atoms with Crippen LogP contribution in [0.2, 0.25) is 0 Å². The van der Waals surface area contributed by atoms with Crippen molar-refractivity contribution in [2.45, 2.75) is 19.4 Å². The third-order valence-electron chi connectivity index (χ3n) is 3.36. The van der Waals surface area contributed by atoms with Crippen LogP contribution in [0, 0.1) is 0 Å². The highest BCUT2D eigenvalue weighted by molar-refractivity contribution is 5.76. The summed E-state index contributed by atoms with van der Waals surface area (Å²) in [5, 5.41) is 8.48. The minimum atomic E-state index is -1.08. The zero-order valence-corrected chi connectivity index (χ0v) is 12.7. The van der Waals surface area contributed by atoms with Crippen LogP contribution in [0.15, 0.2) is 15.9 Å². The average molecular weight is 324 g/mol. The second kappa shape index (κ2) is 6.46. The van der Waals surface area contributed by atoms with E-state index in [1.54, 1.807) is 0 Å². The lowest BCUT2D eigenvalue weighted by molar-refractivity contribution is -0.147. The minimum absolute atomic E-state index is 0.0318. The molecule has 0 aliphatic heterocycles. The van der Waals surface area contributed by atoms with E-state index >= 15 is 0 Å². The predicted molar refractivity (Wildman–Crippen MR) is 78.0 cm³/mol. The molecular formula is C13H16N4O6. The molecule has 2 rings (SSSR count). The highest BCUT2D eigenvalue weighted by Gasteiger charge is 2.14. The molecular weight excluding hydrogens is 308 g/mol. The Labute approximate surface area is 129 Å². The molecule has 0 saturated carbocycles. The fraction of sp³-hybridized carbons (Fsp3) is 0.462. The number of rotatable bonds is 6. The molecule has 0 atom stereocenters. The number of hydrogen-bond acceptors (Lipinski definition) is 6. The molecule has 2 heterocycles. The lowest BCUT2D eigenvalue weighted by atomic mass is 10.3. The number of nitrogens with zero attached hydrogens (tertiary/aromatic N) is 4. The lowest BCUT2D eigenvalue weighted by Crippen LogP contribution is -2.37. The Bertz CT molecular complexity index is 875. The van der Waals surface area contributed by atoms with E-state index in [1.165, 1.54) is 29.6 Å². The quantitative estimate of drug-likeness (QED) is 0.664. The Morgan fingerprint density at radius 3 is 2.57 bits per heavy atom. The average Bonchev–Trinajstić information content (AvgIpc) is 2.93. The summed E-state index contributed by atoms with van der Waals surface area (Å²) in [6.45, 7) is 0.138. The third kappa shape index (κ3) is 3.30. The van der Waals surface area contributed by atoms with E-state index in [2.05, 4.69) is 4.98 Å². The van der Waals surface area contributed by atoms with Crippen LogP contribution in [-0.4, -0.2) is 42.3 Å². The molecule has 0 amide bonds. The maximum absolute atomic E-state index is 12.2. The van der Waals surface area contributed by atoms with E-state index in [1.807, 2.05) is 0 Å². The van der Waals surface area contributed by atoms with Gasteiger partial charge < -0.3 is 14.4 Å². The number of carboxylic acids is 1. The van der Waals surface area contributed by atoms with Gasteiger partial charge in [-0.15, -0.1) is 0 Å². The Balaban J connectivity index is 2.13. The molecule has 0 unspecified atom stereocenters. The summed E-state index contributed by atoms with van der Waals surface area (Å²) in [4.78, 5) is 49.7. The predicted octanol–water partition coefficient (Wildman–Crippen LogP) is -1.16. The molecule has 1 N–H and O–H groups in total. The standard InChI is InChI=1S/C13H16N4O6/c1-15-11-10(12(21)16(2)13(15)22)17(7-14-11)5-6-23-9(20)4-3-8(18)19/h7H,3-6H2,1-2H3,(H,18,19). The van der Waals surface area contributed by atoms with Crippen LogP contribution in [0.1, 0.15) is 12.8 Å². The Morgan fingerprint density at radius 2 is 1.91 bits per heavy atom. The first-order valence-corrected chi connectivity index (χ1v) is 6.81. The highest BCUT2D eigenvalue weighted by atomic mass is 16.5. The maximum atomic E-state index is 12.2. The molecule has 10 nitrogen and oxygen atoms in total. The number of fused-ring (bicyclic) bond motifs is 1. The summed E-state index contributed by atoms with van der Waals surface area (Å²) in [6, 6.07) is 0. The third-order valence-corrected chi connectivity index (χ3v) is 3.36. The summed E-state index contributed by atoms with van der Waals surface area (Å²) < 4.78 is 8.63. The van der Waals surface area contributed by atoms with Crippen molar-refractivity contribution in [2.24, 2.45) is 14.1 Å². The Hall–Kier alpha value is -2.91. The fourth-order valence-electron chi connectivity index (χ4n) is 2.11. The molecule has 0 aliphatic rings. The molecule has 2 aromatic rings. The number of imidazole rings is 1. The van der Waals surface area contributed by atoms with Crippen LogP contribution in [0.25, 0.3) is 11.2 Å². The molecule has 0 spiro atoms. The molecule has 10 heteroatoms. The van der Waals surface area contributed by atoms with Crippen molar-refractivity contribution in [2.75, 3.05) is 6.61 Å². The zero-order valence-electron chi connectivity index (χ0n) is 12.7. The molecule has 0 saturated heterocycles. The molecule has 0 bridgehead atoms. The van der Waals surface area contributed by atoms with Gasteiger partial charge in [-0.2, -0.15) is 0 Å². The van der Waals surface area contributed by atoms with E-state index in [-0.39, 0.29) is 37.2 Å². The van der Waals surface area contributed by atoms with Gasteiger partial charge in [-0.25, -0.2) is 9.78 Å². The van der Waals surface area contributed by atoms with Gasteiger partial charge >= 0.3 is 17.6 Å². The van der Waals surface area contributed by atoms with E-state index in [9.17, 15) is 19.2 Å². The number of hydrogen-bond donors (Lipinski definition) is 1. The van der Waals surface area contributed by atoms with Gasteiger partial charge in [0, 0.05) is 14.1 Å². The van der Waals surface area contributed by atoms with E-state index in [4.69, 9.17) is 9.84 Å². The number of carbonyl (C=O) groups is 2. The number of ether oxygens (including phenoxy) is 1. The van der Waals surface area contributed by atoms with Gasteiger partial charge in [-0.3, -0.25) is 23.5 Å². The Kier molecular flexibility index (Phi) is 4.63. The van der Waals surface area contributed by atoms with Crippen LogP contribution in [-0.2, 0) is 35.0 Å². The summed E-state index contributed by atoms with van der Waals surface area (Å²) >= 11 is 0. The highest BCUT2D eigenvalue weighted by Crippen LogP contribution is 2.05. The van der Waals surface area contributed by atoms with Crippen molar-refractivity contribution in [1.82, 2.24) is 18.7 Å². The van der Waals surface area contributed by atoms with Crippen molar-refractivity contribution in [3.63, 3.8) is 0 Å². The summed E-state index contributed by atoms with van der Waals surface area (Å²) in [6.07, 6.45) is 0.877. The first-order chi connectivity index (χ1) is 10.8. The van der Waals surface area contributed by atoms with Crippen molar-refractivity contribution in [1.29, 1.82) is 0 Å². The Morgan fingerprint density at radius 1 is 1.22 bits per heavy atom. The molecule has 124 valence electrons. The van der Waals surface area contributed by atoms with Crippen LogP contribution >= 0.6 is 0 Å². The van der Waals surface area contributed by atoms with Crippen molar-refractivity contribution in [3.05, 3.63) is 27.2 Å². The smallest absolute Gasteiger partial charge is 0.332 e. The number of aromatic nitrogens is 4. The molecule has 0 fully saturated rings. The largest absolute Gasteiger partial charge is 0.481 e. The van der Waals surface area contributed by atoms with Gasteiger partial charge in [0.2, 0.25) is 0 Å². The fourth-order valence-corrected chi connectivity index (χ4v) is 2.11. The van der Waals surface area contributed by atoms with Crippen LogP contribution < -0.4 is 11.2 Å². The zero-order chi connectivity index (χ0) is 17.1. The first kappa shape index (κ1) is 16.5. The molecule has 0 aliphatic carbocycles. The van der Waals surface area contributed by atoms with Gasteiger partial charge in [0.05, 0.1) is 25.7 Å². The number of aliphatic carboxylic acids is 1. The second-order valence-corrected chi connectivity index (χ2v) is 4.93. The number of aryl methyl sites for hydroxylation is 1. The van der Waals surface area contributed by atoms with Gasteiger partial charge in [0.15, 0.2) is 11.2 Å². The second-order valence-electron chi connectivity index (χ2n) is 4.93. The normalized spacial score (nSPS) is 10.9. The molecule has 23 heavy (non-hydrogen) atoms. The van der Waals surface area contributed by atoms with Crippen molar-refractivity contribution >= 4 is 23.1 Å². The van der Waals surface area contributed by atoms with Gasteiger partial charge in [-0.1, -0.05) is 0 Å². The van der Waals surface area contributed by atoms with Gasteiger partial charge in [0.25, 0.3) is 5.56 Å². The van der Waals surface area contributed by atoms with E-state index < -0.39 is 23.2 Å². The van der Waals surface area contributed by atoms with Crippen LogP contribution in [0.5, 0.6) is 0 Å². The van der Waals surface area contributed by atoms with Gasteiger partial charge in [0.1, 0.15) is 6.61 Å². The summed E-state index contributed by atoms with van der Waals surface area (Å²) in [5.74, 6) is -1.70. The van der Waals surface area contributed by atoms with E-state index in [0.29, 0.717) is 0 Å². The number of carbonyl (C=O) groups excluding carboxylic acids is 1. The monoisotopic (exact) mass is 324 g/mol. The summed E-state index contributed by atoms with van der Waals surface area (Å²) in [7, 11) is 2.88. The van der Waals surface area contributed by atoms with Crippen molar-refractivity contribution < 1.29 is 19.4 Å². The summed E-state index contributed by atoms with van der Waals surface area (Å²) in [5.41, 5.74) is -0.489. The minimum Gasteiger partial charge on any atom is -0.481 e. The lowest BCUT2D eigenvalue weighted by Gasteiger charge is -2.07. The molecule has 0 radical (unpaired) electrons. The first-order valence-electron chi connectivity index (χ1n) is 6.81. The molecule has 2 aromatic heterocycles. The van der Waals surface area contributed by atoms with Crippen LogP contribution in [0.3, 0.4) is 0 Å². The number of esters is 1. The molecule has 0 aromatic carbocycles. The van der Waals surface area contributed by atoms with Gasteiger partial charge in [-0.05, 0) is 0 Å². The SMILES string of the molecule is Cn1c(=O)c2c(ncn2CCOC(=O)CCC(=O)O)n(C)c1=O. The van der Waals surface area contributed by atoms with Crippen molar-refractivity contribution in [3.8, 4) is 0 Å². The maximum Gasteiger partial charge on any atom is 0.332 e. The number of carboxylic acid groups (broad SMARTS) is 1. The van der Waals surface area contributed by atoms with Crippen LogP contribution in [0.4, 0.5) is 0 Å². The topological polar surface area (TPSA) is 125 Å². The van der Waals surface area contributed by atoms with E-state index in [0.717, 1.165) is 4.57 Å².